The van der Waals surface area contributed by atoms with Crippen LogP contribution in [0.5, 0.6) is 0 Å². The highest BCUT2D eigenvalue weighted by molar-refractivity contribution is 5.51. The number of nitriles is 1. The highest BCUT2D eigenvalue weighted by Crippen LogP contribution is 2.34. The summed E-state index contributed by atoms with van der Waals surface area (Å²) in [5.74, 6) is 3.13. The minimum absolute atomic E-state index is 0.143. The quantitative estimate of drug-likeness (QED) is 0.853. The summed E-state index contributed by atoms with van der Waals surface area (Å²) < 4.78 is 0. The van der Waals surface area contributed by atoms with Crippen LogP contribution in [0.2, 0.25) is 0 Å². The predicted molar refractivity (Wildman–Crippen MR) is 93.9 cm³/mol. The van der Waals surface area contributed by atoms with Crippen molar-refractivity contribution in [2.75, 3.05) is 38.1 Å². The molecule has 2 fully saturated rings. The molecule has 1 aliphatic carbocycles. The Morgan fingerprint density at radius 3 is 2.75 bits per heavy atom. The third-order valence-corrected chi connectivity index (χ3v) is 5.66. The Labute approximate surface area is 144 Å². The number of hydrogen-bond donors (Lipinski definition) is 0. The van der Waals surface area contributed by atoms with Crippen molar-refractivity contribution in [3.8, 4) is 6.07 Å². The maximum Gasteiger partial charge on any atom is 0.135 e. The van der Waals surface area contributed by atoms with Gasteiger partial charge in [0.05, 0.1) is 17.7 Å². The summed E-state index contributed by atoms with van der Waals surface area (Å²) in [4.78, 5) is 14.7. The lowest BCUT2D eigenvalue weighted by molar-refractivity contribution is 0.352. The van der Waals surface area contributed by atoms with Gasteiger partial charge in [-0.3, -0.25) is 0 Å². The molecule has 4 rings (SSSR count). The average molecular weight is 325 g/mol. The summed E-state index contributed by atoms with van der Waals surface area (Å²) in [6.45, 7) is 4.01. The molecule has 0 unspecified atom stereocenters. The zero-order chi connectivity index (χ0) is 16.5. The van der Waals surface area contributed by atoms with Crippen LogP contribution in [0.3, 0.4) is 0 Å². The first kappa shape index (κ1) is 15.8. The van der Waals surface area contributed by atoms with Crippen molar-refractivity contribution in [2.24, 2.45) is 11.8 Å². The van der Waals surface area contributed by atoms with E-state index in [0.29, 0.717) is 0 Å². The van der Waals surface area contributed by atoms with E-state index in [2.05, 4.69) is 22.9 Å². The van der Waals surface area contributed by atoms with E-state index in [-0.39, 0.29) is 5.92 Å². The lowest BCUT2D eigenvalue weighted by Gasteiger charge is -2.32. The van der Waals surface area contributed by atoms with Crippen LogP contribution < -0.4 is 4.90 Å². The summed E-state index contributed by atoms with van der Waals surface area (Å²) >= 11 is 0. The number of anilines is 1. The number of nitrogens with zero attached hydrogens (tertiary/aromatic N) is 5. The van der Waals surface area contributed by atoms with E-state index in [1.807, 2.05) is 0 Å². The molecule has 0 radical (unpaired) electrons. The predicted octanol–water partition coefficient (Wildman–Crippen LogP) is 2.20. The molecule has 3 aliphatic rings. The zero-order valence-corrected chi connectivity index (χ0v) is 14.7. The number of likely N-dealkylation sites (N-methyl/N-ethyl adjacent to an activating group) is 1. The summed E-state index contributed by atoms with van der Waals surface area (Å²) in [5.41, 5.74) is 2.61. The van der Waals surface area contributed by atoms with Crippen molar-refractivity contribution in [1.82, 2.24) is 14.9 Å². The number of piperidine rings is 1. The van der Waals surface area contributed by atoms with Gasteiger partial charge in [0.25, 0.3) is 0 Å². The fraction of sp³-hybridized carbons (Fsp3) is 0.737. The maximum atomic E-state index is 9.34. The summed E-state index contributed by atoms with van der Waals surface area (Å²) in [6.07, 6.45) is 7.86. The van der Waals surface area contributed by atoms with E-state index in [1.54, 1.807) is 0 Å². The van der Waals surface area contributed by atoms with Gasteiger partial charge in [0.2, 0.25) is 0 Å². The van der Waals surface area contributed by atoms with Gasteiger partial charge in [0.15, 0.2) is 0 Å². The SMILES string of the molecule is CN1CCc2nc(CC3CC3)nc(N3CCC[C@@H](C#N)C3)c2CC1. The van der Waals surface area contributed by atoms with Crippen molar-refractivity contribution < 1.29 is 0 Å². The number of rotatable bonds is 3. The van der Waals surface area contributed by atoms with Crippen LogP contribution in [0, 0.1) is 23.2 Å². The van der Waals surface area contributed by atoms with Gasteiger partial charge in [-0.25, -0.2) is 9.97 Å². The van der Waals surface area contributed by atoms with Crippen molar-refractivity contribution in [2.45, 2.75) is 44.9 Å². The second-order valence-electron chi connectivity index (χ2n) is 7.75. The molecule has 2 aliphatic heterocycles. The van der Waals surface area contributed by atoms with Gasteiger partial charge in [0, 0.05) is 44.6 Å². The fourth-order valence-electron chi connectivity index (χ4n) is 3.95. The minimum Gasteiger partial charge on any atom is -0.355 e. The van der Waals surface area contributed by atoms with E-state index < -0.39 is 0 Å². The molecule has 5 nitrogen and oxygen atoms in total. The standard InChI is InChI=1S/C19H27N5/c1-23-9-6-16-17(7-10-23)21-18(11-14-4-5-14)22-19(16)24-8-2-3-15(12-20)13-24/h14-15H,2-11,13H2,1H3/t15-/m0/s1. The molecule has 0 spiro atoms. The molecule has 1 atom stereocenters. The normalized spacial score (nSPS) is 25.0. The smallest absolute Gasteiger partial charge is 0.135 e. The van der Waals surface area contributed by atoms with E-state index in [4.69, 9.17) is 9.97 Å². The molecule has 5 heteroatoms. The Kier molecular flexibility index (Phi) is 4.41. The summed E-state index contributed by atoms with van der Waals surface area (Å²) in [7, 11) is 2.19. The third-order valence-electron chi connectivity index (χ3n) is 5.66. The molecule has 0 N–H and O–H groups in total. The Morgan fingerprint density at radius 2 is 1.96 bits per heavy atom. The zero-order valence-electron chi connectivity index (χ0n) is 14.7. The van der Waals surface area contributed by atoms with Gasteiger partial charge >= 0.3 is 0 Å². The van der Waals surface area contributed by atoms with Crippen molar-refractivity contribution in [1.29, 1.82) is 5.26 Å². The Balaban J connectivity index is 1.68. The van der Waals surface area contributed by atoms with Gasteiger partial charge in [0.1, 0.15) is 11.6 Å². The van der Waals surface area contributed by atoms with Gasteiger partial charge in [-0.15, -0.1) is 0 Å². The van der Waals surface area contributed by atoms with Crippen LogP contribution >= 0.6 is 0 Å². The van der Waals surface area contributed by atoms with Gasteiger partial charge in [-0.2, -0.15) is 5.26 Å². The van der Waals surface area contributed by atoms with Crippen molar-refractivity contribution in [3.05, 3.63) is 17.1 Å². The van der Waals surface area contributed by atoms with Gasteiger partial charge < -0.3 is 9.80 Å². The monoisotopic (exact) mass is 325 g/mol. The highest BCUT2D eigenvalue weighted by atomic mass is 15.2. The molecule has 1 saturated carbocycles. The molecular formula is C19H27N5. The molecule has 0 bridgehead atoms. The Hall–Kier alpha value is -1.67. The van der Waals surface area contributed by atoms with E-state index in [9.17, 15) is 5.26 Å². The molecule has 1 aromatic heterocycles. The third kappa shape index (κ3) is 3.39. The summed E-state index contributed by atoms with van der Waals surface area (Å²) in [5, 5.41) is 9.34. The highest BCUT2D eigenvalue weighted by Gasteiger charge is 2.28. The average Bonchev–Trinajstić information content (AvgIpc) is 3.43. The van der Waals surface area contributed by atoms with E-state index >= 15 is 0 Å². The molecule has 0 aromatic carbocycles. The first-order valence-electron chi connectivity index (χ1n) is 9.44. The topological polar surface area (TPSA) is 56.1 Å². The Bertz CT molecular complexity index is 646. The first-order chi connectivity index (χ1) is 11.7. The molecule has 128 valence electrons. The molecule has 24 heavy (non-hydrogen) atoms. The number of fused-ring (bicyclic) bond motifs is 1. The molecule has 3 heterocycles. The molecular weight excluding hydrogens is 298 g/mol. The second-order valence-corrected chi connectivity index (χ2v) is 7.75. The largest absolute Gasteiger partial charge is 0.355 e. The van der Waals surface area contributed by atoms with Crippen LogP contribution in [-0.2, 0) is 19.3 Å². The van der Waals surface area contributed by atoms with Crippen LogP contribution in [-0.4, -0.2) is 48.1 Å². The van der Waals surface area contributed by atoms with Gasteiger partial charge in [-0.05, 0) is 45.1 Å². The van der Waals surface area contributed by atoms with Crippen molar-refractivity contribution >= 4 is 5.82 Å². The summed E-state index contributed by atoms with van der Waals surface area (Å²) in [6, 6.07) is 2.47. The Morgan fingerprint density at radius 1 is 1.12 bits per heavy atom. The van der Waals surface area contributed by atoms with Crippen LogP contribution in [0.4, 0.5) is 5.82 Å². The molecule has 1 aromatic rings. The number of hydrogen-bond acceptors (Lipinski definition) is 5. The molecule has 0 amide bonds. The van der Waals surface area contributed by atoms with Gasteiger partial charge in [-0.1, -0.05) is 0 Å². The van der Waals surface area contributed by atoms with Crippen LogP contribution in [0.25, 0.3) is 0 Å². The van der Waals surface area contributed by atoms with Crippen LogP contribution in [0.15, 0.2) is 0 Å². The van der Waals surface area contributed by atoms with Crippen LogP contribution in [0.1, 0.15) is 42.8 Å². The minimum atomic E-state index is 0.143. The number of aromatic nitrogens is 2. The second kappa shape index (κ2) is 6.68. The molecule has 1 saturated heterocycles. The first-order valence-corrected chi connectivity index (χ1v) is 9.44. The lowest BCUT2D eigenvalue weighted by Crippen LogP contribution is -2.36. The lowest BCUT2D eigenvalue weighted by atomic mass is 9.98. The fourth-order valence-corrected chi connectivity index (χ4v) is 3.95. The maximum absolute atomic E-state index is 9.34. The van der Waals surface area contributed by atoms with E-state index in [0.717, 1.165) is 75.8 Å². The van der Waals surface area contributed by atoms with E-state index in [1.165, 1.54) is 24.1 Å². The van der Waals surface area contributed by atoms with Crippen molar-refractivity contribution in [3.63, 3.8) is 0 Å².